The zero-order valence-electron chi connectivity index (χ0n) is 30.7. The summed E-state index contributed by atoms with van der Waals surface area (Å²) in [6.45, 7) is 10.9. The van der Waals surface area contributed by atoms with E-state index < -0.39 is 16.0 Å². The van der Waals surface area contributed by atoms with E-state index in [1.807, 2.05) is 18.2 Å². The van der Waals surface area contributed by atoms with E-state index in [2.05, 4.69) is 47.5 Å². The lowest BCUT2D eigenvalue weighted by molar-refractivity contribution is 0.0410. The lowest BCUT2D eigenvalue weighted by Crippen LogP contribution is -2.34. The molecular weight excluding hydrogens is 649 g/mol. The number of unbranched alkanes of at least 4 members (excludes halogenated alkanes) is 2. The normalized spacial score (nSPS) is 14.9. The van der Waals surface area contributed by atoms with E-state index in [1.54, 1.807) is 12.1 Å². The largest absolute Gasteiger partial charge is 0.462 e. The van der Waals surface area contributed by atoms with Crippen LogP contribution in [0, 0.1) is 40.4 Å². The van der Waals surface area contributed by atoms with E-state index in [9.17, 15) is 23.7 Å². The summed E-state index contributed by atoms with van der Waals surface area (Å²) >= 11 is 0. The first-order valence-electron chi connectivity index (χ1n) is 18.5. The van der Waals surface area contributed by atoms with Crippen LogP contribution in [0.25, 0.3) is 0 Å². The van der Waals surface area contributed by atoms with Gasteiger partial charge in [0.15, 0.2) is 0 Å². The first-order valence-corrected chi connectivity index (χ1v) is 20.4. The van der Waals surface area contributed by atoms with E-state index in [0.29, 0.717) is 24.4 Å². The number of ether oxygens (including phenoxy) is 1. The van der Waals surface area contributed by atoms with Gasteiger partial charge < -0.3 is 9.64 Å². The Morgan fingerprint density at radius 1 is 0.920 bits per heavy atom. The number of nitrogens with zero attached hydrogens (tertiary/aromatic N) is 5. The maximum absolute atomic E-state index is 12.9. The molecule has 2 aromatic carbocycles. The summed E-state index contributed by atoms with van der Waals surface area (Å²) in [6.07, 6.45) is 15.6. The average Bonchev–Trinajstić information content (AvgIpc) is 3.12. The lowest BCUT2D eigenvalue weighted by Gasteiger charge is -2.33. The standard InChI is InChI=1S/C39H56N6O4S/c1-6-10-15-29(8-3)26-45(27-30(9-4)16-11-7-2)35-19-20-36(37(23-35)44-50(5,47)48)42-43-38-33(24-40)21-32(22-34(38)25-41)39(46)49-28-31-17-13-12-14-18-31/h19-23,29-31,44H,6-18,26-28H2,1-5H3. The molecule has 0 saturated heterocycles. The molecule has 1 saturated carbocycles. The van der Waals surface area contributed by atoms with Crippen molar-refractivity contribution >= 4 is 38.7 Å². The molecule has 11 heteroatoms. The SMILES string of the molecule is CCCCC(CC)CN(CC(CC)CCCC)c1ccc(N=Nc2c(C#N)cc(C(=O)OCC3CCCCC3)cc2C#N)c(NS(C)(=O)=O)c1. The molecule has 1 fully saturated rings. The number of azo groups is 1. The molecule has 0 spiro atoms. The fourth-order valence-electron chi connectivity index (χ4n) is 6.60. The van der Waals surface area contributed by atoms with Crippen molar-refractivity contribution in [2.24, 2.45) is 28.0 Å². The van der Waals surface area contributed by atoms with Crippen molar-refractivity contribution in [2.75, 3.05) is 35.6 Å². The van der Waals surface area contributed by atoms with Crippen molar-refractivity contribution in [1.82, 2.24) is 0 Å². The van der Waals surface area contributed by atoms with Crippen LogP contribution < -0.4 is 9.62 Å². The number of nitrogens with one attached hydrogen (secondary N) is 1. The van der Waals surface area contributed by atoms with Crippen LogP contribution >= 0.6 is 0 Å². The summed E-state index contributed by atoms with van der Waals surface area (Å²) in [7, 11) is -3.69. The molecule has 2 aromatic rings. The predicted octanol–water partition coefficient (Wildman–Crippen LogP) is 10.2. The number of nitriles is 2. The second-order valence-electron chi connectivity index (χ2n) is 13.8. The quantitative estimate of drug-likeness (QED) is 0.106. The molecule has 0 bridgehead atoms. The Balaban J connectivity index is 1.98. The van der Waals surface area contributed by atoms with Gasteiger partial charge >= 0.3 is 5.97 Å². The molecule has 2 atom stereocenters. The van der Waals surface area contributed by atoms with E-state index in [4.69, 9.17) is 4.74 Å². The van der Waals surface area contributed by atoms with Crippen LogP contribution in [0.15, 0.2) is 40.6 Å². The van der Waals surface area contributed by atoms with Crippen molar-refractivity contribution in [3.8, 4) is 12.1 Å². The summed E-state index contributed by atoms with van der Waals surface area (Å²) in [5.74, 6) is 0.742. The number of anilines is 2. The zero-order valence-corrected chi connectivity index (χ0v) is 31.5. The molecule has 0 aliphatic heterocycles. The van der Waals surface area contributed by atoms with E-state index in [0.717, 1.165) is 102 Å². The molecule has 272 valence electrons. The maximum atomic E-state index is 12.9. The minimum absolute atomic E-state index is 0.00161. The third-order valence-electron chi connectivity index (χ3n) is 9.70. The Kier molecular flexibility index (Phi) is 16.7. The molecule has 0 aromatic heterocycles. The van der Waals surface area contributed by atoms with Crippen LogP contribution in [0.3, 0.4) is 0 Å². The van der Waals surface area contributed by atoms with Gasteiger partial charge in [-0.05, 0) is 73.8 Å². The topological polar surface area (TPSA) is 148 Å². The predicted molar refractivity (Wildman–Crippen MR) is 201 cm³/mol. The summed E-state index contributed by atoms with van der Waals surface area (Å²) < 4.78 is 33.2. The summed E-state index contributed by atoms with van der Waals surface area (Å²) in [6, 6.07) is 12.2. The van der Waals surface area contributed by atoms with Gasteiger partial charge in [-0.15, -0.1) is 10.2 Å². The highest BCUT2D eigenvalue weighted by Gasteiger charge is 2.22. The second kappa shape index (κ2) is 20.7. The van der Waals surface area contributed by atoms with Gasteiger partial charge in [0, 0.05) is 18.8 Å². The number of sulfonamides is 1. The highest BCUT2D eigenvalue weighted by molar-refractivity contribution is 7.92. The van der Waals surface area contributed by atoms with Crippen molar-refractivity contribution in [3.05, 3.63) is 47.0 Å². The molecule has 50 heavy (non-hydrogen) atoms. The number of benzene rings is 2. The first kappa shape index (κ1) is 40.5. The van der Waals surface area contributed by atoms with Gasteiger partial charge in [-0.3, -0.25) is 4.72 Å². The molecule has 1 aliphatic rings. The number of carbonyl (C=O) groups is 1. The molecule has 0 radical (unpaired) electrons. The van der Waals surface area contributed by atoms with Gasteiger partial charge in [0.05, 0.1) is 35.2 Å². The summed E-state index contributed by atoms with van der Waals surface area (Å²) in [5, 5.41) is 28.5. The molecule has 3 rings (SSSR count). The van der Waals surface area contributed by atoms with Crippen molar-refractivity contribution < 1.29 is 17.9 Å². The van der Waals surface area contributed by atoms with Crippen LogP contribution in [0.4, 0.5) is 22.7 Å². The molecule has 0 amide bonds. The van der Waals surface area contributed by atoms with Crippen molar-refractivity contribution in [3.63, 3.8) is 0 Å². The van der Waals surface area contributed by atoms with Crippen LogP contribution in [0.5, 0.6) is 0 Å². The number of carbonyl (C=O) groups excluding carboxylic acids is 1. The van der Waals surface area contributed by atoms with Gasteiger partial charge in [0.1, 0.15) is 23.5 Å². The van der Waals surface area contributed by atoms with Crippen LogP contribution in [0.2, 0.25) is 0 Å². The Hall–Kier alpha value is -3.96. The van der Waals surface area contributed by atoms with Crippen molar-refractivity contribution in [1.29, 1.82) is 10.5 Å². The van der Waals surface area contributed by atoms with Crippen LogP contribution in [-0.4, -0.2) is 40.3 Å². The molecule has 1 N–H and O–H groups in total. The fourth-order valence-corrected chi connectivity index (χ4v) is 7.16. The average molecular weight is 705 g/mol. The minimum Gasteiger partial charge on any atom is -0.462 e. The highest BCUT2D eigenvalue weighted by atomic mass is 32.2. The second-order valence-corrected chi connectivity index (χ2v) is 15.5. The van der Waals surface area contributed by atoms with Gasteiger partial charge in [0.2, 0.25) is 10.0 Å². The summed E-state index contributed by atoms with van der Waals surface area (Å²) in [5.41, 5.74) is 1.47. The molecule has 10 nitrogen and oxygen atoms in total. The Morgan fingerprint density at radius 2 is 1.50 bits per heavy atom. The Morgan fingerprint density at radius 3 is 2.00 bits per heavy atom. The molecule has 1 aliphatic carbocycles. The number of esters is 1. The third-order valence-corrected chi connectivity index (χ3v) is 10.3. The van der Waals surface area contributed by atoms with Crippen molar-refractivity contribution in [2.45, 2.75) is 111 Å². The lowest BCUT2D eigenvalue weighted by atomic mass is 9.90. The Bertz CT molecular complexity index is 1570. The maximum Gasteiger partial charge on any atom is 0.338 e. The third kappa shape index (κ3) is 12.7. The van der Waals surface area contributed by atoms with Gasteiger partial charge in [-0.2, -0.15) is 10.5 Å². The van der Waals surface area contributed by atoms with E-state index >= 15 is 0 Å². The molecular formula is C39H56N6O4S. The number of rotatable bonds is 20. The fraction of sp³-hybridized carbons (Fsp3) is 0.615. The number of hydrogen-bond acceptors (Lipinski definition) is 9. The van der Waals surface area contributed by atoms with E-state index in [-0.39, 0.29) is 33.8 Å². The first-order chi connectivity index (χ1) is 24.0. The molecule has 2 unspecified atom stereocenters. The van der Waals surface area contributed by atoms with Gasteiger partial charge in [0.25, 0.3) is 0 Å². The monoisotopic (exact) mass is 704 g/mol. The Labute approximate surface area is 300 Å². The van der Waals surface area contributed by atoms with E-state index in [1.165, 1.54) is 18.6 Å². The van der Waals surface area contributed by atoms with Crippen LogP contribution in [-0.2, 0) is 14.8 Å². The smallest absolute Gasteiger partial charge is 0.338 e. The zero-order chi connectivity index (χ0) is 36.5. The van der Waals surface area contributed by atoms with Gasteiger partial charge in [-0.25, -0.2) is 13.2 Å². The minimum atomic E-state index is -3.69. The van der Waals surface area contributed by atoms with Crippen LogP contribution in [0.1, 0.15) is 133 Å². The number of hydrogen-bond donors (Lipinski definition) is 1. The highest BCUT2D eigenvalue weighted by Crippen LogP contribution is 2.35. The molecule has 0 heterocycles. The summed E-state index contributed by atoms with van der Waals surface area (Å²) in [4.78, 5) is 15.3. The van der Waals surface area contributed by atoms with Gasteiger partial charge in [-0.1, -0.05) is 85.5 Å².